The van der Waals surface area contributed by atoms with Crippen molar-refractivity contribution in [2.75, 3.05) is 20.2 Å². The molecular weight excluding hydrogens is 332 g/mol. The number of carbonyl (C=O) groups is 2. The van der Waals surface area contributed by atoms with Gasteiger partial charge in [-0.3, -0.25) is 19.7 Å². The van der Waals surface area contributed by atoms with E-state index in [-0.39, 0.29) is 24.5 Å². The Kier molecular flexibility index (Phi) is 3.21. The Balaban J connectivity index is 1.92. The van der Waals surface area contributed by atoms with E-state index in [4.69, 9.17) is 9.47 Å². The quantitative estimate of drug-likeness (QED) is 0.574. The van der Waals surface area contributed by atoms with Crippen LogP contribution < -0.4 is 0 Å². The monoisotopic (exact) mass is 346 g/mol. The summed E-state index contributed by atoms with van der Waals surface area (Å²) in [6, 6.07) is -1.74. The Hall–Kier alpha value is -3.10. The number of aliphatic hydroxyl groups is 1. The maximum atomic E-state index is 12.4. The number of rotatable bonds is 2. The number of allylic oxidation sites excluding steroid dienone is 2. The van der Waals surface area contributed by atoms with Crippen LogP contribution in [0, 0.1) is 10.1 Å². The first kappa shape index (κ1) is 15.4. The molecule has 130 valence electrons. The number of hydrogen-bond acceptors (Lipinski definition) is 8. The zero-order valence-electron chi connectivity index (χ0n) is 13.3. The van der Waals surface area contributed by atoms with Gasteiger partial charge in [-0.25, -0.2) is 0 Å². The largest absolute Gasteiger partial charge is 0.504 e. The van der Waals surface area contributed by atoms with Crippen LogP contribution in [0.1, 0.15) is 12.8 Å². The summed E-state index contributed by atoms with van der Waals surface area (Å²) in [5.41, 5.74) is 1.45. The van der Waals surface area contributed by atoms with E-state index in [0.717, 1.165) is 5.57 Å². The lowest BCUT2D eigenvalue weighted by Gasteiger charge is -2.41. The molecule has 4 rings (SSSR count). The van der Waals surface area contributed by atoms with Crippen LogP contribution in [0.2, 0.25) is 0 Å². The van der Waals surface area contributed by atoms with Gasteiger partial charge in [-0.2, -0.15) is 0 Å². The molecule has 0 aromatic carbocycles. The summed E-state index contributed by atoms with van der Waals surface area (Å²) in [6.07, 6.45) is 2.07. The first-order chi connectivity index (χ1) is 11.9. The van der Waals surface area contributed by atoms with Crippen molar-refractivity contribution in [3.05, 3.63) is 56.1 Å². The number of aliphatic hydroxyl groups excluding tert-OH is 1. The smallest absolute Gasteiger partial charge is 0.301 e. The molecule has 1 aliphatic carbocycles. The number of ketones is 2. The predicted molar refractivity (Wildman–Crippen MR) is 81.5 cm³/mol. The third-order valence-corrected chi connectivity index (χ3v) is 4.75. The van der Waals surface area contributed by atoms with Gasteiger partial charge in [0.1, 0.15) is 11.3 Å². The van der Waals surface area contributed by atoms with Gasteiger partial charge in [0.05, 0.1) is 19.4 Å². The van der Waals surface area contributed by atoms with Crippen LogP contribution in [0.4, 0.5) is 0 Å². The third-order valence-electron chi connectivity index (χ3n) is 4.75. The SMILES string of the molecule is COC1=CCC2=C(O1)C1=C3C(=C(O)C(=O)CN3C2)C([N+](=O)[O-])C(=O)C1. The highest BCUT2D eigenvalue weighted by atomic mass is 16.7. The molecule has 0 radical (unpaired) electrons. The summed E-state index contributed by atoms with van der Waals surface area (Å²) in [4.78, 5) is 36.8. The molecule has 9 nitrogen and oxygen atoms in total. The normalized spacial score (nSPS) is 25.4. The second-order valence-corrected chi connectivity index (χ2v) is 6.17. The van der Waals surface area contributed by atoms with E-state index in [2.05, 4.69) is 0 Å². The van der Waals surface area contributed by atoms with Gasteiger partial charge in [0.25, 0.3) is 5.95 Å². The minimum atomic E-state index is -1.74. The summed E-state index contributed by atoms with van der Waals surface area (Å²) in [5.74, 6) is -1.30. The van der Waals surface area contributed by atoms with E-state index < -0.39 is 28.3 Å². The summed E-state index contributed by atoms with van der Waals surface area (Å²) in [7, 11) is 1.45. The molecule has 3 aliphatic heterocycles. The van der Waals surface area contributed by atoms with Crippen molar-refractivity contribution in [3.8, 4) is 0 Å². The molecule has 1 atom stereocenters. The Morgan fingerprint density at radius 2 is 2.16 bits per heavy atom. The van der Waals surface area contributed by atoms with Gasteiger partial charge in [-0.15, -0.1) is 0 Å². The zero-order chi connectivity index (χ0) is 17.9. The van der Waals surface area contributed by atoms with Gasteiger partial charge >= 0.3 is 6.04 Å². The Labute approximate surface area is 141 Å². The Morgan fingerprint density at radius 1 is 1.40 bits per heavy atom. The van der Waals surface area contributed by atoms with E-state index in [1.54, 1.807) is 11.0 Å². The van der Waals surface area contributed by atoms with Crippen LogP contribution in [0.3, 0.4) is 0 Å². The van der Waals surface area contributed by atoms with E-state index >= 15 is 0 Å². The van der Waals surface area contributed by atoms with Crippen LogP contribution in [-0.4, -0.2) is 52.7 Å². The minimum Gasteiger partial charge on any atom is -0.504 e. The zero-order valence-corrected chi connectivity index (χ0v) is 13.3. The molecule has 25 heavy (non-hydrogen) atoms. The minimum absolute atomic E-state index is 0.0928. The van der Waals surface area contributed by atoms with E-state index in [0.29, 0.717) is 30.0 Å². The standard InChI is InChI=1S/C16H14N2O7/c1-24-11-3-2-7-5-17-6-10(20)15(21)12-13(17)8(16(7)25-11)4-9(19)14(12)18(22)23/h3,14,21H,2,4-6H2,1H3. The van der Waals surface area contributed by atoms with Gasteiger partial charge in [0.2, 0.25) is 11.6 Å². The number of hydrogen-bond donors (Lipinski definition) is 1. The molecule has 0 spiro atoms. The molecule has 0 aromatic rings. The molecule has 0 fully saturated rings. The first-order valence-corrected chi connectivity index (χ1v) is 7.67. The van der Waals surface area contributed by atoms with Gasteiger partial charge < -0.3 is 19.5 Å². The number of ether oxygens (including phenoxy) is 2. The highest BCUT2D eigenvalue weighted by molar-refractivity contribution is 6.02. The molecule has 3 heterocycles. The number of fused-ring (bicyclic) bond motifs is 1. The Bertz CT molecular complexity index is 862. The number of nitro groups is 1. The van der Waals surface area contributed by atoms with E-state index in [9.17, 15) is 24.8 Å². The molecule has 4 aliphatic rings. The van der Waals surface area contributed by atoms with Gasteiger partial charge in [-0.05, 0) is 12.0 Å². The number of nitrogens with zero attached hydrogens (tertiary/aromatic N) is 2. The van der Waals surface area contributed by atoms with Crippen LogP contribution in [0.5, 0.6) is 0 Å². The van der Waals surface area contributed by atoms with Crippen molar-refractivity contribution >= 4 is 11.6 Å². The number of Topliss-reactive ketones (excluding diaryl/α,β-unsaturated/α-hetero) is 2. The third kappa shape index (κ3) is 2.08. The molecule has 0 aromatic heterocycles. The molecule has 0 amide bonds. The molecule has 9 heteroatoms. The summed E-state index contributed by atoms with van der Waals surface area (Å²) in [6.45, 7) is 0.243. The van der Waals surface area contributed by atoms with Crippen LogP contribution in [0.15, 0.2) is 46.0 Å². The second kappa shape index (κ2) is 5.20. The van der Waals surface area contributed by atoms with Crippen molar-refractivity contribution in [3.63, 3.8) is 0 Å². The van der Waals surface area contributed by atoms with Crippen molar-refractivity contribution in [2.45, 2.75) is 18.9 Å². The highest BCUT2D eigenvalue weighted by Gasteiger charge is 2.51. The molecule has 0 saturated heterocycles. The number of carbonyl (C=O) groups excluding carboxylic acids is 2. The van der Waals surface area contributed by atoms with Gasteiger partial charge in [0, 0.05) is 29.5 Å². The topological polar surface area (TPSA) is 119 Å². The van der Waals surface area contributed by atoms with Gasteiger partial charge in [-0.1, -0.05) is 0 Å². The lowest BCUT2D eigenvalue weighted by atomic mass is 9.79. The lowest BCUT2D eigenvalue weighted by Crippen LogP contribution is -2.49. The molecule has 1 N–H and O–H groups in total. The van der Waals surface area contributed by atoms with Crippen LogP contribution >= 0.6 is 0 Å². The fraction of sp³-hybridized carbons (Fsp3) is 0.375. The fourth-order valence-corrected chi connectivity index (χ4v) is 3.71. The summed E-state index contributed by atoms with van der Waals surface area (Å²) in [5, 5.41) is 21.6. The number of methoxy groups -OCH3 is 1. The summed E-state index contributed by atoms with van der Waals surface area (Å²) >= 11 is 0. The molecule has 1 unspecified atom stereocenters. The molecular formula is C16H14N2O7. The van der Waals surface area contributed by atoms with E-state index in [1.165, 1.54) is 7.11 Å². The second-order valence-electron chi connectivity index (χ2n) is 6.17. The lowest BCUT2D eigenvalue weighted by molar-refractivity contribution is -0.498. The average Bonchev–Trinajstić information content (AvgIpc) is 2.58. The fourth-order valence-electron chi connectivity index (χ4n) is 3.71. The maximum Gasteiger partial charge on any atom is 0.301 e. The van der Waals surface area contributed by atoms with Gasteiger partial charge in [0.15, 0.2) is 5.76 Å². The van der Waals surface area contributed by atoms with Crippen molar-refractivity contribution in [1.29, 1.82) is 0 Å². The van der Waals surface area contributed by atoms with Crippen LogP contribution in [-0.2, 0) is 19.1 Å². The highest BCUT2D eigenvalue weighted by Crippen LogP contribution is 2.45. The maximum absolute atomic E-state index is 12.4. The Morgan fingerprint density at radius 3 is 2.84 bits per heavy atom. The average molecular weight is 346 g/mol. The molecule has 0 bridgehead atoms. The van der Waals surface area contributed by atoms with Crippen LogP contribution in [0.25, 0.3) is 0 Å². The van der Waals surface area contributed by atoms with Crippen molar-refractivity contribution < 1.29 is 29.1 Å². The molecule has 0 saturated carbocycles. The van der Waals surface area contributed by atoms with Crippen molar-refractivity contribution in [1.82, 2.24) is 4.90 Å². The van der Waals surface area contributed by atoms with Crippen molar-refractivity contribution in [2.24, 2.45) is 0 Å². The first-order valence-electron chi connectivity index (χ1n) is 7.67. The predicted octanol–water partition coefficient (Wildman–Crippen LogP) is 0.731. The summed E-state index contributed by atoms with van der Waals surface area (Å²) < 4.78 is 10.8. The van der Waals surface area contributed by atoms with E-state index in [1.807, 2.05) is 0 Å².